The van der Waals surface area contributed by atoms with Gasteiger partial charge in [0.2, 0.25) is 0 Å². The van der Waals surface area contributed by atoms with E-state index in [2.05, 4.69) is 13.8 Å². The summed E-state index contributed by atoms with van der Waals surface area (Å²) in [6, 6.07) is 0. The van der Waals surface area contributed by atoms with Crippen molar-refractivity contribution in [3.8, 4) is 0 Å². The van der Waals surface area contributed by atoms with Crippen LogP contribution in [-0.2, 0) is 28.5 Å². The summed E-state index contributed by atoms with van der Waals surface area (Å²) in [5.74, 6) is -0.664. The topological polar surface area (TPSA) is 71.1 Å². The van der Waals surface area contributed by atoms with Gasteiger partial charge in [0.25, 0.3) is 0 Å². The van der Waals surface area contributed by atoms with Crippen LogP contribution in [0.1, 0.15) is 124 Å². The van der Waals surface area contributed by atoms with Crippen LogP contribution in [0.5, 0.6) is 0 Å². The highest BCUT2D eigenvalue weighted by molar-refractivity contribution is 5.69. The monoisotopic (exact) mass is 458 g/mol. The molecular formula is C26H50O6. The first-order chi connectivity index (χ1) is 15.6. The van der Waals surface area contributed by atoms with Crippen molar-refractivity contribution in [1.29, 1.82) is 0 Å². The lowest BCUT2D eigenvalue weighted by Crippen LogP contribution is -2.29. The highest BCUT2D eigenvalue weighted by Crippen LogP contribution is 2.10. The summed E-state index contributed by atoms with van der Waals surface area (Å²) in [5.41, 5.74) is 0. The minimum absolute atomic E-state index is 0.0208. The van der Waals surface area contributed by atoms with Crippen LogP contribution in [0.2, 0.25) is 0 Å². The van der Waals surface area contributed by atoms with Crippen molar-refractivity contribution in [3.05, 3.63) is 0 Å². The Morgan fingerprint density at radius 3 is 1.75 bits per heavy atom. The molecule has 0 aliphatic heterocycles. The highest BCUT2D eigenvalue weighted by atomic mass is 16.7. The predicted molar refractivity (Wildman–Crippen MR) is 129 cm³/mol. The van der Waals surface area contributed by atoms with Crippen LogP contribution >= 0.6 is 0 Å². The van der Waals surface area contributed by atoms with Gasteiger partial charge in [0.1, 0.15) is 13.4 Å². The molecule has 0 spiro atoms. The molecule has 0 saturated heterocycles. The van der Waals surface area contributed by atoms with Crippen molar-refractivity contribution in [2.24, 2.45) is 0 Å². The standard InChI is InChI=1S/C26H50O6/c1-4-6-8-10-12-14-16-18-20-29-23-30-21-25(32-24(3)27)22-31-26(28)19-17-15-13-11-9-7-5-2/h25H,4-23H2,1-3H3. The fraction of sp³-hybridized carbons (Fsp3) is 0.923. The number of carbonyl (C=O) groups is 2. The van der Waals surface area contributed by atoms with Gasteiger partial charge in [-0.05, 0) is 12.8 Å². The summed E-state index contributed by atoms with van der Waals surface area (Å²) < 4.78 is 21.4. The molecule has 190 valence electrons. The third-order valence-corrected chi connectivity index (χ3v) is 5.36. The number of rotatable bonds is 24. The molecule has 0 aromatic carbocycles. The van der Waals surface area contributed by atoms with Crippen LogP contribution in [0, 0.1) is 0 Å². The molecule has 0 aliphatic carbocycles. The third-order valence-electron chi connectivity index (χ3n) is 5.36. The molecule has 0 saturated carbocycles. The van der Waals surface area contributed by atoms with Crippen molar-refractivity contribution in [3.63, 3.8) is 0 Å². The summed E-state index contributed by atoms with van der Waals surface area (Å²) in [7, 11) is 0. The molecule has 0 fully saturated rings. The van der Waals surface area contributed by atoms with E-state index in [4.69, 9.17) is 18.9 Å². The van der Waals surface area contributed by atoms with Crippen LogP contribution in [0.4, 0.5) is 0 Å². The molecule has 32 heavy (non-hydrogen) atoms. The van der Waals surface area contributed by atoms with Gasteiger partial charge in [0, 0.05) is 20.0 Å². The second kappa shape index (κ2) is 24.5. The Balaban J connectivity index is 3.70. The average Bonchev–Trinajstić information content (AvgIpc) is 2.77. The van der Waals surface area contributed by atoms with Gasteiger partial charge in [-0.3, -0.25) is 9.59 Å². The summed E-state index contributed by atoms with van der Waals surface area (Å²) in [6.45, 7) is 6.77. The molecular weight excluding hydrogens is 408 g/mol. The van der Waals surface area contributed by atoms with Crippen molar-refractivity contribution in [2.45, 2.75) is 130 Å². The second-order valence-electron chi connectivity index (χ2n) is 8.66. The van der Waals surface area contributed by atoms with E-state index in [1.54, 1.807) is 0 Å². The van der Waals surface area contributed by atoms with Crippen LogP contribution in [0.3, 0.4) is 0 Å². The Kier molecular flexibility index (Phi) is 23.6. The van der Waals surface area contributed by atoms with Crippen LogP contribution in [0.15, 0.2) is 0 Å². The van der Waals surface area contributed by atoms with Crippen LogP contribution in [-0.4, -0.2) is 44.7 Å². The number of esters is 2. The van der Waals surface area contributed by atoms with E-state index in [0.29, 0.717) is 13.0 Å². The van der Waals surface area contributed by atoms with Crippen molar-refractivity contribution < 1.29 is 28.5 Å². The number of hydrogen-bond acceptors (Lipinski definition) is 6. The molecule has 0 aromatic rings. The molecule has 0 heterocycles. The summed E-state index contributed by atoms with van der Waals surface area (Å²) >= 11 is 0. The third kappa shape index (κ3) is 23.5. The van der Waals surface area contributed by atoms with Gasteiger partial charge < -0.3 is 18.9 Å². The van der Waals surface area contributed by atoms with Crippen molar-refractivity contribution >= 4 is 11.9 Å². The quantitative estimate of drug-likeness (QED) is 0.0907. The first-order valence-corrected chi connectivity index (χ1v) is 13.1. The first-order valence-electron chi connectivity index (χ1n) is 13.1. The largest absolute Gasteiger partial charge is 0.462 e. The molecule has 1 unspecified atom stereocenters. The minimum atomic E-state index is -0.600. The molecule has 1 atom stereocenters. The van der Waals surface area contributed by atoms with Gasteiger partial charge in [-0.2, -0.15) is 0 Å². The van der Waals surface area contributed by atoms with E-state index in [-0.39, 0.29) is 26.0 Å². The SMILES string of the molecule is CCCCCCCCCCOCOCC(COC(=O)CCCCCCCCC)OC(C)=O. The number of ether oxygens (including phenoxy) is 4. The maximum atomic E-state index is 11.9. The van der Waals surface area contributed by atoms with E-state index < -0.39 is 12.1 Å². The van der Waals surface area contributed by atoms with Crippen molar-refractivity contribution in [1.82, 2.24) is 0 Å². The Morgan fingerprint density at radius 1 is 0.656 bits per heavy atom. The zero-order valence-electron chi connectivity index (χ0n) is 21.2. The lowest BCUT2D eigenvalue weighted by atomic mass is 10.1. The zero-order valence-corrected chi connectivity index (χ0v) is 21.2. The molecule has 0 rings (SSSR count). The molecule has 0 radical (unpaired) electrons. The predicted octanol–water partition coefficient (Wildman–Crippen LogP) is 6.73. The Bertz CT molecular complexity index is 427. The Morgan fingerprint density at radius 2 is 1.19 bits per heavy atom. The van der Waals surface area contributed by atoms with Gasteiger partial charge in [-0.25, -0.2) is 0 Å². The maximum absolute atomic E-state index is 11.9. The Hall–Kier alpha value is -1.14. The second-order valence-corrected chi connectivity index (χ2v) is 8.66. The highest BCUT2D eigenvalue weighted by Gasteiger charge is 2.15. The average molecular weight is 459 g/mol. The van der Waals surface area contributed by atoms with Crippen LogP contribution < -0.4 is 0 Å². The molecule has 0 N–H and O–H groups in total. The van der Waals surface area contributed by atoms with E-state index in [0.717, 1.165) is 25.7 Å². The summed E-state index contributed by atoms with van der Waals surface area (Å²) in [6.07, 6.45) is 18.0. The normalized spacial score (nSPS) is 12.0. The zero-order chi connectivity index (χ0) is 23.7. The van der Waals surface area contributed by atoms with Gasteiger partial charge >= 0.3 is 11.9 Å². The molecule has 0 aromatic heterocycles. The molecule has 6 heteroatoms. The van der Waals surface area contributed by atoms with Crippen LogP contribution in [0.25, 0.3) is 0 Å². The first kappa shape index (κ1) is 30.9. The smallest absolute Gasteiger partial charge is 0.305 e. The number of carbonyl (C=O) groups excluding carboxylic acids is 2. The van der Waals surface area contributed by atoms with E-state index >= 15 is 0 Å². The maximum Gasteiger partial charge on any atom is 0.305 e. The lowest BCUT2D eigenvalue weighted by molar-refractivity contribution is -0.164. The summed E-state index contributed by atoms with van der Waals surface area (Å²) in [5, 5.41) is 0. The lowest BCUT2D eigenvalue weighted by Gasteiger charge is -2.17. The number of hydrogen-bond donors (Lipinski definition) is 0. The Labute approximate surface area is 197 Å². The van der Waals surface area contributed by atoms with E-state index in [9.17, 15) is 9.59 Å². The molecule has 6 nitrogen and oxygen atoms in total. The van der Waals surface area contributed by atoms with E-state index in [1.807, 2.05) is 0 Å². The van der Waals surface area contributed by atoms with Gasteiger partial charge in [-0.1, -0.05) is 97.3 Å². The molecule has 0 amide bonds. The van der Waals surface area contributed by atoms with Gasteiger partial charge in [0.15, 0.2) is 6.10 Å². The molecule has 0 aliphatic rings. The fourth-order valence-electron chi connectivity index (χ4n) is 3.47. The fourth-order valence-corrected chi connectivity index (χ4v) is 3.47. The molecule has 0 bridgehead atoms. The number of unbranched alkanes of at least 4 members (excludes halogenated alkanes) is 13. The van der Waals surface area contributed by atoms with Crippen molar-refractivity contribution in [2.75, 3.05) is 26.6 Å². The van der Waals surface area contributed by atoms with E-state index in [1.165, 1.54) is 77.6 Å². The minimum Gasteiger partial charge on any atom is -0.462 e. The van der Waals surface area contributed by atoms with Gasteiger partial charge in [0.05, 0.1) is 6.61 Å². The van der Waals surface area contributed by atoms with Gasteiger partial charge in [-0.15, -0.1) is 0 Å². The summed E-state index contributed by atoms with van der Waals surface area (Å²) in [4.78, 5) is 23.2.